The zero-order valence-corrected chi connectivity index (χ0v) is 13.9. The maximum atomic E-state index is 12.0. The highest BCUT2D eigenvalue weighted by atomic mass is 16.5. The Bertz CT molecular complexity index is 771. The number of benzene rings is 2. The fourth-order valence-corrected chi connectivity index (χ4v) is 2.04. The lowest BCUT2D eigenvalue weighted by Gasteiger charge is -2.09. The molecule has 7 heteroatoms. The summed E-state index contributed by atoms with van der Waals surface area (Å²) >= 11 is 0. The van der Waals surface area contributed by atoms with E-state index in [1.54, 1.807) is 49.4 Å². The number of ether oxygens (including phenoxy) is 2. The molecular formula is C18H18N2O5. The highest BCUT2D eigenvalue weighted by Gasteiger charge is 2.09. The van der Waals surface area contributed by atoms with Crippen molar-refractivity contribution in [1.82, 2.24) is 0 Å². The van der Waals surface area contributed by atoms with Gasteiger partial charge in [-0.05, 0) is 49.4 Å². The van der Waals surface area contributed by atoms with Gasteiger partial charge in [0.2, 0.25) is 0 Å². The average Bonchev–Trinajstić information content (AvgIpc) is 2.62. The minimum Gasteiger partial charge on any atom is -0.465 e. The van der Waals surface area contributed by atoms with E-state index in [0.29, 0.717) is 29.1 Å². The lowest BCUT2D eigenvalue weighted by Crippen LogP contribution is -2.19. The van der Waals surface area contributed by atoms with Crippen LogP contribution in [0.5, 0.6) is 0 Å². The van der Waals surface area contributed by atoms with Crippen LogP contribution in [0, 0.1) is 0 Å². The molecule has 0 fully saturated rings. The van der Waals surface area contributed by atoms with Crippen LogP contribution in [-0.4, -0.2) is 31.7 Å². The second-order valence-electron chi connectivity index (χ2n) is 4.95. The molecule has 25 heavy (non-hydrogen) atoms. The quantitative estimate of drug-likeness (QED) is 0.813. The van der Waals surface area contributed by atoms with Crippen molar-refractivity contribution in [2.45, 2.75) is 6.92 Å². The first-order valence-corrected chi connectivity index (χ1v) is 7.57. The number of hydrogen-bond acceptors (Lipinski definition) is 5. The minimum atomic E-state index is -0.487. The van der Waals surface area contributed by atoms with E-state index in [-0.39, 0.29) is 0 Å². The van der Waals surface area contributed by atoms with Gasteiger partial charge in [-0.15, -0.1) is 0 Å². The number of amides is 2. The van der Waals surface area contributed by atoms with Gasteiger partial charge in [0, 0.05) is 11.4 Å². The molecule has 7 nitrogen and oxygen atoms in total. The van der Waals surface area contributed by atoms with Crippen molar-refractivity contribution in [3.05, 3.63) is 59.7 Å². The first-order chi connectivity index (χ1) is 12.0. The molecule has 0 heterocycles. The topological polar surface area (TPSA) is 93.7 Å². The highest BCUT2D eigenvalue weighted by Crippen LogP contribution is 2.14. The van der Waals surface area contributed by atoms with Crippen molar-refractivity contribution < 1.29 is 23.9 Å². The average molecular weight is 342 g/mol. The molecule has 0 aromatic heterocycles. The zero-order chi connectivity index (χ0) is 18.2. The van der Waals surface area contributed by atoms with Gasteiger partial charge in [0.1, 0.15) is 0 Å². The Kier molecular flexibility index (Phi) is 6.11. The molecule has 130 valence electrons. The Balaban J connectivity index is 1.98. The van der Waals surface area contributed by atoms with Gasteiger partial charge in [-0.3, -0.25) is 0 Å². The summed E-state index contributed by atoms with van der Waals surface area (Å²) < 4.78 is 9.53. The summed E-state index contributed by atoms with van der Waals surface area (Å²) in [6.45, 7) is 2.03. The molecular weight excluding hydrogens is 324 g/mol. The molecule has 2 rings (SSSR count). The van der Waals surface area contributed by atoms with Gasteiger partial charge in [-0.1, -0.05) is 6.07 Å². The third-order valence-electron chi connectivity index (χ3n) is 3.20. The van der Waals surface area contributed by atoms with Crippen molar-refractivity contribution in [3.63, 3.8) is 0 Å². The molecule has 2 aromatic rings. The predicted molar refractivity (Wildman–Crippen MR) is 92.8 cm³/mol. The van der Waals surface area contributed by atoms with Crippen LogP contribution in [-0.2, 0) is 9.47 Å². The molecule has 0 aliphatic rings. The Morgan fingerprint density at radius 1 is 0.880 bits per heavy atom. The van der Waals surface area contributed by atoms with E-state index in [9.17, 15) is 14.4 Å². The molecule has 0 aliphatic carbocycles. The van der Waals surface area contributed by atoms with Crippen molar-refractivity contribution >= 4 is 29.3 Å². The summed E-state index contributed by atoms with van der Waals surface area (Å²) in [6, 6.07) is 12.2. The third-order valence-corrected chi connectivity index (χ3v) is 3.20. The Morgan fingerprint density at radius 3 is 2.20 bits per heavy atom. The van der Waals surface area contributed by atoms with E-state index in [2.05, 4.69) is 15.4 Å². The third kappa shape index (κ3) is 5.07. The SMILES string of the molecule is CCOC(=O)c1ccc(NC(=O)Nc2cccc(C(=O)OC)c2)cc1. The first kappa shape index (κ1) is 18.0. The smallest absolute Gasteiger partial charge is 0.338 e. The van der Waals surface area contributed by atoms with Crippen molar-refractivity contribution in [3.8, 4) is 0 Å². The molecule has 0 bridgehead atoms. The summed E-state index contributed by atoms with van der Waals surface area (Å²) in [5, 5.41) is 5.25. The van der Waals surface area contributed by atoms with E-state index in [0.717, 1.165) is 0 Å². The standard InChI is InChI=1S/C18H18N2O5/c1-3-25-17(22)12-7-9-14(10-8-12)19-18(23)20-15-6-4-5-13(11-15)16(21)24-2/h4-11H,3H2,1-2H3,(H2,19,20,23). The maximum Gasteiger partial charge on any atom is 0.338 e. The molecule has 0 saturated carbocycles. The molecule has 0 saturated heterocycles. The number of urea groups is 1. The fourth-order valence-electron chi connectivity index (χ4n) is 2.04. The van der Waals surface area contributed by atoms with Gasteiger partial charge < -0.3 is 20.1 Å². The Hall–Kier alpha value is -3.35. The van der Waals surface area contributed by atoms with Gasteiger partial charge in [-0.2, -0.15) is 0 Å². The molecule has 2 amide bonds. The van der Waals surface area contributed by atoms with Crippen LogP contribution in [0.3, 0.4) is 0 Å². The summed E-state index contributed by atoms with van der Waals surface area (Å²) in [6.07, 6.45) is 0. The molecule has 0 radical (unpaired) electrons. The number of rotatable bonds is 5. The fraction of sp³-hybridized carbons (Fsp3) is 0.167. The molecule has 0 spiro atoms. The zero-order valence-electron chi connectivity index (χ0n) is 13.9. The van der Waals surface area contributed by atoms with E-state index in [4.69, 9.17) is 4.74 Å². The number of methoxy groups -OCH3 is 1. The highest BCUT2D eigenvalue weighted by molar-refractivity contribution is 6.01. The van der Waals surface area contributed by atoms with Crippen LogP contribution >= 0.6 is 0 Å². The van der Waals surface area contributed by atoms with Gasteiger partial charge >= 0.3 is 18.0 Å². The van der Waals surface area contributed by atoms with Crippen LogP contribution in [0.2, 0.25) is 0 Å². The summed E-state index contributed by atoms with van der Waals surface area (Å²) in [5.41, 5.74) is 1.69. The second kappa shape index (κ2) is 8.49. The van der Waals surface area contributed by atoms with Gasteiger partial charge in [0.05, 0.1) is 24.8 Å². The van der Waals surface area contributed by atoms with Gasteiger partial charge in [-0.25, -0.2) is 14.4 Å². The monoisotopic (exact) mass is 342 g/mol. The van der Waals surface area contributed by atoms with Crippen molar-refractivity contribution in [1.29, 1.82) is 0 Å². The van der Waals surface area contributed by atoms with Crippen LogP contribution in [0.25, 0.3) is 0 Å². The van der Waals surface area contributed by atoms with E-state index in [1.807, 2.05) is 0 Å². The summed E-state index contributed by atoms with van der Waals surface area (Å²) in [7, 11) is 1.29. The number of anilines is 2. The summed E-state index contributed by atoms with van der Waals surface area (Å²) in [5.74, 6) is -0.906. The van der Waals surface area contributed by atoms with E-state index in [1.165, 1.54) is 13.2 Å². The minimum absolute atomic E-state index is 0.297. The predicted octanol–water partition coefficient (Wildman–Crippen LogP) is 3.29. The van der Waals surface area contributed by atoms with E-state index < -0.39 is 18.0 Å². The lowest BCUT2D eigenvalue weighted by molar-refractivity contribution is 0.0525. The number of nitrogens with one attached hydrogen (secondary N) is 2. The molecule has 2 N–H and O–H groups in total. The number of carbonyl (C=O) groups is 3. The molecule has 0 aliphatic heterocycles. The number of esters is 2. The van der Waals surface area contributed by atoms with Crippen molar-refractivity contribution in [2.75, 3.05) is 24.4 Å². The normalized spacial score (nSPS) is 9.84. The lowest BCUT2D eigenvalue weighted by atomic mass is 10.2. The van der Waals surface area contributed by atoms with Gasteiger partial charge in [0.15, 0.2) is 0 Å². The second-order valence-corrected chi connectivity index (χ2v) is 4.95. The summed E-state index contributed by atoms with van der Waals surface area (Å²) in [4.78, 5) is 35.1. The van der Waals surface area contributed by atoms with Gasteiger partial charge in [0.25, 0.3) is 0 Å². The number of hydrogen-bond donors (Lipinski definition) is 2. The van der Waals surface area contributed by atoms with Crippen LogP contribution in [0.1, 0.15) is 27.6 Å². The van der Waals surface area contributed by atoms with Crippen LogP contribution in [0.4, 0.5) is 16.2 Å². The van der Waals surface area contributed by atoms with Crippen molar-refractivity contribution in [2.24, 2.45) is 0 Å². The largest absolute Gasteiger partial charge is 0.465 e. The molecule has 2 aromatic carbocycles. The Morgan fingerprint density at radius 2 is 1.56 bits per heavy atom. The van der Waals surface area contributed by atoms with E-state index >= 15 is 0 Å². The van der Waals surface area contributed by atoms with Crippen LogP contribution in [0.15, 0.2) is 48.5 Å². The first-order valence-electron chi connectivity index (χ1n) is 7.57. The van der Waals surface area contributed by atoms with Crippen LogP contribution < -0.4 is 10.6 Å². The molecule has 0 atom stereocenters. The number of carbonyl (C=O) groups excluding carboxylic acids is 3. The molecule has 0 unspecified atom stereocenters. The Labute approximate surface area is 144 Å². The maximum absolute atomic E-state index is 12.0.